The molecule has 1 heterocycles. The Morgan fingerprint density at radius 3 is 2.76 bits per heavy atom. The summed E-state index contributed by atoms with van der Waals surface area (Å²) in [4.78, 5) is 22.8. The molecule has 1 fully saturated rings. The van der Waals surface area contributed by atoms with E-state index < -0.39 is 5.54 Å². The van der Waals surface area contributed by atoms with Crippen LogP contribution in [0.25, 0.3) is 0 Å². The van der Waals surface area contributed by atoms with Crippen molar-refractivity contribution in [2.45, 2.75) is 44.6 Å². The number of carbonyl (C=O) groups excluding carboxylic acids is 2. The molecule has 1 saturated heterocycles. The minimum Gasteiger partial charge on any atom is -0.469 e. The fourth-order valence-corrected chi connectivity index (χ4v) is 1.98. The van der Waals surface area contributed by atoms with Gasteiger partial charge in [0.1, 0.15) is 0 Å². The van der Waals surface area contributed by atoms with Gasteiger partial charge in [-0.3, -0.25) is 9.59 Å². The maximum atomic E-state index is 11.9. The van der Waals surface area contributed by atoms with E-state index in [2.05, 4.69) is 15.4 Å². The molecule has 1 aliphatic rings. The Morgan fingerprint density at radius 2 is 2.18 bits per heavy atom. The molecule has 1 atom stereocenters. The highest BCUT2D eigenvalue weighted by atomic mass is 16.5. The third kappa shape index (κ3) is 4.34. The van der Waals surface area contributed by atoms with Crippen LogP contribution in [0, 0.1) is 0 Å². The molecule has 5 heteroatoms. The van der Waals surface area contributed by atoms with Crippen molar-refractivity contribution in [1.82, 2.24) is 10.6 Å². The molecule has 2 N–H and O–H groups in total. The van der Waals surface area contributed by atoms with Gasteiger partial charge < -0.3 is 15.4 Å². The molecule has 0 aliphatic carbocycles. The van der Waals surface area contributed by atoms with Gasteiger partial charge in [-0.05, 0) is 39.2 Å². The van der Waals surface area contributed by atoms with E-state index in [-0.39, 0.29) is 11.9 Å². The van der Waals surface area contributed by atoms with Gasteiger partial charge in [-0.15, -0.1) is 0 Å². The van der Waals surface area contributed by atoms with Crippen LogP contribution in [0.15, 0.2) is 0 Å². The minimum absolute atomic E-state index is 0.0297. The lowest BCUT2D eigenvalue weighted by Gasteiger charge is -2.33. The zero-order valence-electron chi connectivity index (χ0n) is 10.7. The lowest BCUT2D eigenvalue weighted by molar-refractivity contribution is -0.140. The van der Waals surface area contributed by atoms with Crippen LogP contribution < -0.4 is 10.6 Å². The van der Waals surface area contributed by atoms with E-state index in [1.165, 1.54) is 7.11 Å². The maximum absolute atomic E-state index is 11.9. The van der Waals surface area contributed by atoms with E-state index in [0.717, 1.165) is 25.8 Å². The van der Waals surface area contributed by atoms with Crippen LogP contribution in [0.2, 0.25) is 0 Å². The fourth-order valence-electron chi connectivity index (χ4n) is 1.98. The summed E-state index contributed by atoms with van der Waals surface area (Å²) in [6.45, 7) is 3.35. The van der Waals surface area contributed by atoms with Crippen molar-refractivity contribution in [2.75, 3.05) is 20.2 Å². The predicted molar refractivity (Wildman–Crippen MR) is 64.5 cm³/mol. The van der Waals surface area contributed by atoms with Gasteiger partial charge in [0, 0.05) is 13.0 Å². The molecule has 0 bridgehead atoms. The van der Waals surface area contributed by atoms with E-state index >= 15 is 0 Å². The Bertz CT molecular complexity index is 273. The molecule has 1 rings (SSSR count). The number of piperidine rings is 1. The summed E-state index contributed by atoms with van der Waals surface area (Å²) in [6.07, 6.45) is 4.05. The van der Waals surface area contributed by atoms with Crippen LogP contribution in [0.4, 0.5) is 0 Å². The van der Waals surface area contributed by atoms with E-state index in [4.69, 9.17) is 0 Å². The average molecular weight is 242 g/mol. The molecule has 1 aliphatic heterocycles. The van der Waals surface area contributed by atoms with Crippen molar-refractivity contribution in [2.24, 2.45) is 0 Å². The molecule has 0 radical (unpaired) electrons. The summed E-state index contributed by atoms with van der Waals surface area (Å²) in [7, 11) is 1.37. The minimum atomic E-state index is -0.441. The van der Waals surface area contributed by atoms with Gasteiger partial charge in [-0.1, -0.05) is 0 Å². The number of amides is 1. The number of esters is 1. The quantitative estimate of drug-likeness (QED) is 0.547. The molecule has 17 heavy (non-hydrogen) atoms. The number of methoxy groups -OCH3 is 1. The summed E-state index contributed by atoms with van der Waals surface area (Å²) < 4.78 is 4.53. The second-order valence-corrected chi connectivity index (χ2v) is 4.65. The second kappa shape index (κ2) is 6.59. The number of hydrogen-bond acceptors (Lipinski definition) is 4. The van der Waals surface area contributed by atoms with Crippen LogP contribution in [0.5, 0.6) is 0 Å². The molecular formula is C12H22N2O3. The summed E-state index contributed by atoms with van der Waals surface area (Å²) in [5.74, 6) is -0.205. The number of carbonyl (C=O) groups is 2. The van der Waals surface area contributed by atoms with Crippen molar-refractivity contribution < 1.29 is 14.3 Å². The lowest BCUT2D eigenvalue weighted by Crippen LogP contribution is -2.57. The van der Waals surface area contributed by atoms with Gasteiger partial charge >= 0.3 is 5.97 Å². The predicted octanol–water partition coefficient (Wildman–Crippen LogP) is 0.588. The van der Waals surface area contributed by atoms with Gasteiger partial charge in [0.05, 0.1) is 12.6 Å². The Morgan fingerprint density at radius 1 is 1.41 bits per heavy atom. The highest BCUT2D eigenvalue weighted by Crippen LogP contribution is 2.18. The number of nitrogens with one attached hydrogen (secondary N) is 2. The Labute approximate surface area is 102 Å². The molecule has 0 saturated carbocycles. The smallest absolute Gasteiger partial charge is 0.305 e. The average Bonchev–Trinajstić information content (AvgIpc) is 2.34. The highest BCUT2D eigenvalue weighted by Gasteiger charge is 2.33. The summed E-state index contributed by atoms with van der Waals surface area (Å²) in [5.41, 5.74) is -0.441. The second-order valence-electron chi connectivity index (χ2n) is 4.65. The monoisotopic (exact) mass is 242 g/mol. The molecule has 98 valence electrons. The first-order valence-corrected chi connectivity index (χ1v) is 6.18. The number of hydrogen-bond donors (Lipinski definition) is 2. The zero-order valence-corrected chi connectivity index (χ0v) is 10.7. The van der Waals surface area contributed by atoms with Crippen LogP contribution in [-0.4, -0.2) is 37.6 Å². The molecular weight excluding hydrogens is 220 g/mol. The van der Waals surface area contributed by atoms with Crippen molar-refractivity contribution in [3.8, 4) is 0 Å². The van der Waals surface area contributed by atoms with Crippen molar-refractivity contribution in [3.05, 3.63) is 0 Å². The van der Waals surface area contributed by atoms with E-state index in [0.29, 0.717) is 19.4 Å². The molecule has 0 aromatic rings. The molecule has 0 spiro atoms. The maximum Gasteiger partial charge on any atom is 0.305 e. The normalized spacial score (nSPS) is 24.1. The van der Waals surface area contributed by atoms with E-state index in [9.17, 15) is 9.59 Å². The first kappa shape index (κ1) is 14.0. The van der Waals surface area contributed by atoms with Crippen LogP contribution in [0.1, 0.15) is 39.0 Å². The van der Waals surface area contributed by atoms with Gasteiger partial charge in [0.15, 0.2) is 0 Å². The lowest BCUT2D eigenvalue weighted by atomic mass is 9.90. The summed E-state index contributed by atoms with van der Waals surface area (Å²) in [6, 6.07) is 0. The van der Waals surface area contributed by atoms with E-state index in [1.54, 1.807) is 0 Å². The Balaban J connectivity index is 2.22. The summed E-state index contributed by atoms with van der Waals surface area (Å²) in [5, 5.41) is 6.12. The largest absolute Gasteiger partial charge is 0.469 e. The molecule has 1 amide bonds. The third-order valence-corrected chi connectivity index (χ3v) is 3.19. The Kier molecular flexibility index (Phi) is 5.41. The number of rotatable bonds is 5. The SMILES string of the molecule is COC(=O)CCCNC(=O)C1(C)CCCCN1. The molecule has 0 aromatic carbocycles. The van der Waals surface area contributed by atoms with Gasteiger partial charge in [0.2, 0.25) is 5.91 Å². The van der Waals surface area contributed by atoms with Crippen molar-refractivity contribution in [3.63, 3.8) is 0 Å². The first-order valence-electron chi connectivity index (χ1n) is 6.18. The molecule has 0 aromatic heterocycles. The van der Waals surface area contributed by atoms with Crippen LogP contribution in [-0.2, 0) is 14.3 Å². The standard InChI is InChI=1S/C12H22N2O3/c1-12(7-3-4-9-14-12)11(16)13-8-5-6-10(15)17-2/h14H,3-9H2,1-2H3,(H,13,16). The zero-order chi connectivity index (χ0) is 12.7. The van der Waals surface area contributed by atoms with E-state index in [1.807, 2.05) is 6.92 Å². The summed E-state index contributed by atoms with van der Waals surface area (Å²) >= 11 is 0. The van der Waals surface area contributed by atoms with Crippen molar-refractivity contribution >= 4 is 11.9 Å². The Hall–Kier alpha value is -1.10. The van der Waals surface area contributed by atoms with Gasteiger partial charge in [0.25, 0.3) is 0 Å². The van der Waals surface area contributed by atoms with Gasteiger partial charge in [-0.2, -0.15) is 0 Å². The molecule has 5 nitrogen and oxygen atoms in total. The molecule has 1 unspecified atom stereocenters. The third-order valence-electron chi connectivity index (χ3n) is 3.19. The van der Waals surface area contributed by atoms with Crippen molar-refractivity contribution in [1.29, 1.82) is 0 Å². The van der Waals surface area contributed by atoms with Crippen LogP contribution in [0.3, 0.4) is 0 Å². The van der Waals surface area contributed by atoms with Crippen LogP contribution >= 0.6 is 0 Å². The van der Waals surface area contributed by atoms with Gasteiger partial charge in [-0.25, -0.2) is 0 Å². The fraction of sp³-hybridized carbons (Fsp3) is 0.833. The first-order chi connectivity index (χ1) is 8.08. The number of ether oxygens (including phenoxy) is 1. The highest BCUT2D eigenvalue weighted by molar-refractivity contribution is 5.86. The topological polar surface area (TPSA) is 67.4 Å².